The number of amides is 1. The molecule has 28 heavy (non-hydrogen) atoms. The van der Waals surface area contributed by atoms with Crippen molar-refractivity contribution in [2.75, 3.05) is 23.7 Å². The van der Waals surface area contributed by atoms with Crippen LogP contribution in [0.15, 0.2) is 54.6 Å². The number of benzene rings is 2. The van der Waals surface area contributed by atoms with E-state index in [1.54, 1.807) is 12.1 Å². The summed E-state index contributed by atoms with van der Waals surface area (Å²) in [7, 11) is -3.56. The maximum atomic E-state index is 12.3. The Hall–Kier alpha value is -2.34. The van der Waals surface area contributed by atoms with Crippen molar-refractivity contribution in [2.45, 2.75) is 39.0 Å². The summed E-state index contributed by atoms with van der Waals surface area (Å²) in [6.45, 7) is 6.57. The van der Waals surface area contributed by atoms with E-state index in [-0.39, 0.29) is 17.9 Å². The van der Waals surface area contributed by atoms with Crippen molar-refractivity contribution in [2.24, 2.45) is 0 Å². The van der Waals surface area contributed by atoms with Gasteiger partial charge in [-0.2, -0.15) is 0 Å². The average Bonchev–Trinajstić information content (AvgIpc) is 2.63. The quantitative estimate of drug-likeness (QED) is 0.687. The topological polar surface area (TPSA) is 66.5 Å². The third kappa shape index (κ3) is 6.68. The van der Waals surface area contributed by atoms with Crippen LogP contribution in [-0.4, -0.2) is 33.7 Å². The number of hydrogen-bond acceptors (Lipinski definition) is 3. The molecule has 0 spiro atoms. The molecule has 2 aromatic rings. The Kier molecular flexibility index (Phi) is 7.24. The lowest BCUT2D eigenvalue weighted by atomic mass is 9.87. The van der Waals surface area contributed by atoms with Gasteiger partial charge in [-0.25, -0.2) is 8.42 Å². The highest BCUT2D eigenvalue weighted by Gasteiger charge is 2.21. The SMILES string of the molecule is CC(C)(C)c1ccc(N(CC(=O)NCCCc2ccccc2)S(C)(=O)=O)cc1. The maximum Gasteiger partial charge on any atom is 0.240 e. The first-order valence-electron chi connectivity index (χ1n) is 9.46. The van der Waals surface area contributed by atoms with E-state index in [4.69, 9.17) is 0 Å². The molecule has 0 aromatic heterocycles. The van der Waals surface area contributed by atoms with Crippen LogP contribution in [0.5, 0.6) is 0 Å². The summed E-state index contributed by atoms with van der Waals surface area (Å²) >= 11 is 0. The fourth-order valence-electron chi connectivity index (χ4n) is 2.88. The molecule has 2 aromatic carbocycles. The number of sulfonamides is 1. The van der Waals surface area contributed by atoms with Crippen LogP contribution >= 0.6 is 0 Å². The van der Waals surface area contributed by atoms with Crippen LogP contribution in [-0.2, 0) is 26.7 Å². The molecular weight excluding hydrogens is 372 g/mol. The molecule has 6 heteroatoms. The first-order chi connectivity index (χ1) is 13.1. The van der Waals surface area contributed by atoms with Crippen LogP contribution in [0.2, 0.25) is 0 Å². The van der Waals surface area contributed by atoms with E-state index >= 15 is 0 Å². The number of nitrogens with zero attached hydrogens (tertiary/aromatic N) is 1. The largest absolute Gasteiger partial charge is 0.355 e. The molecule has 1 N–H and O–H groups in total. The monoisotopic (exact) mass is 402 g/mol. The number of rotatable bonds is 8. The highest BCUT2D eigenvalue weighted by molar-refractivity contribution is 7.92. The molecule has 1 amide bonds. The van der Waals surface area contributed by atoms with Crippen molar-refractivity contribution in [1.29, 1.82) is 0 Å². The van der Waals surface area contributed by atoms with Crippen molar-refractivity contribution >= 4 is 21.6 Å². The lowest BCUT2D eigenvalue weighted by Gasteiger charge is -2.24. The van der Waals surface area contributed by atoms with Gasteiger partial charge >= 0.3 is 0 Å². The third-order valence-electron chi connectivity index (χ3n) is 4.52. The van der Waals surface area contributed by atoms with Gasteiger partial charge in [0.25, 0.3) is 0 Å². The molecule has 0 aliphatic carbocycles. The molecule has 0 unspecified atom stereocenters. The van der Waals surface area contributed by atoms with Crippen molar-refractivity contribution in [3.05, 3.63) is 65.7 Å². The van der Waals surface area contributed by atoms with Crippen LogP contribution < -0.4 is 9.62 Å². The summed E-state index contributed by atoms with van der Waals surface area (Å²) in [5.74, 6) is -0.307. The standard InChI is InChI=1S/C22H30N2O3S/c1-22(2,3)19-12-14-20(15-13-19)24(28(4,26)27)17-21(25)23-16-8-11-18-9-6-5-7-10-18/h5-7,9-10,12-15H,8,11,16-17H2,1-4H3,(H,23,25). The number of aryl methyl sites for hydroxylation is 1. The molecular formula is C22H30N2O3S. The number of nitrogens with one attached hydrogen (secondary N) is 1. The molecule has 0 atom stereocenters. The number of anilines is 1. The molecule has 5 nitrogen and oxygen atoms in total. The van der Waals surface area contributed by atoms with Gasteiger partial charge in [0.05, 0.1) is 11.9 Å². The average molecular weight is 403 g/mol. The second kappa shape index (κ2) is 9.24. The van der Waals surface area contributed by atoms with Crippen molar-refractivity contribution < 1.29 is 13.2 Å². The minimum absolute atomic E-state index is 0.0232. The van der Waals surface area contributed by atoms with Gasteiger partial charge in [-0.1, -0.05) is 63.2 Å². The predicted octanol–water partition coefficient (Wildman–Crippen LogP) is 3.50. The molecule has 0 saturated heterocycles. The van der Waals surface area contributed by atoms with Gasteiger partial charge in [-0.15, -0.1) is 0 Å². The highest BCUT2D eigenvalue weighted by Crippen LogP contribution is 2.25. The lowest BCUT2D eigenvalue weighted by Crippen LogP contribution is -2.40. The van der Waals surface area contributed by atoms with Crippen molar-refractivity contribution in [3.8, 4) is 0 Å². The Morgan fingerprint density at radius 2 is 1.61 bits per heavy atom. The fourth-order valence-corrected chi connectivity index (χ4v) is 3.74. The van der Waals surface area contributed by atoms with Crippen molar-refractivity contribution in [3.63, 3.8) is 0 Å². The van der Waals surface area contributed by atoms with Gasteiger partial charge in [0, 0.05) is 6.54 Å². The smallest absolute Gasteiger partial charge is 0.240 e. The van der Waals surface area contributed by atoms with Crippen LogP contribution in [0.4, 0.5) is 5.69 Å². The van der Waals surface area contributed by atoms with E-state index in [0.717, 1.165) is 29.0 Å². The van der Waals surface area contributed by atoms with Gasteiger partial charge in [0.15, 0.2) is 0 Å². The van der Waals surface area contributed by atoms with E-state index in [1.165, 1.54) is 5.56 Å². The van der Waals surface area contributed by atoms with Gasteiger partial charge in [-0.3, -0.25) is 9.10 Å². The van der Waals surface area contributed by atoms with Gasteiger partial charge in [0.2, 0.25) is 15.9 Å². The third-order valence-corrected chi connectivity index (χ3v) is 5.66. The molecule has 0 saturated carbocycles. The van der Waals surface area contributed by atoms with Crippen molar-refractivity contribution in [1.82, 2.24) is 5.32 Å². The van der Waals surface area contributed by atoms with E-state index in [9.17, 15) is 13.2 Å². The Morgan fingerprint density at radius 1 is 1.00 bits per heavy atom. The summed E-state index contributed by atoms with van der Waals surface area (Å²) < 4.78 is 25.6. The Labute approximate surface area is 168 Å². The number of carbonyl (C=O) groups is 1. The van der Waals surface area contributed by atoms with Gasteiger partial charge < -0.3 is 5.32 Å². The van der Waals surface area contributed by atoms with E-state index in [0.29, 0.717) is 12.2 Å². The Bertz CT molecular complexity index is 870. The first-order valence-corrected chi connectivity index (χ1v) is 11.3. The summed E-state index contributed by atoms with van der Waals surface area (Å²) in [6, 6.07) is 17.4. The van der Waals surface area contributed by atoms with E-state index in [1.807, 2.05) is 30.3 Å². The molecule has 152 valence electrons. The summed E-state index contributed by atoms with van der Waals surface area (Å²) in [5, 5.41) is 2.82. The first kappa shape index (κ1) is 22.0. The molecule has 0 aliphatic rings. The molecule has 0 heterocycles. The summed E-state index contributed by atoms with van der Waals surface area (Å²) in [4.78, 5) is 12.3. The molecule has 0 aliphatic heterocycles. The summed E-state index contributed by atoms with van der Waals surface area (Å²) in [6.07, 6.45) is 2.79. The zero-order chi connectivity index (χ0) is 20.8. The summed E-state index contributed by atoms with van der Waals surface area (Å²) in [5.41, 5.74) is 2.79. The highest BCUT2D eigenvalue weighted by atomic mass is 32.2. The molecule has 0 radical (unpaired) electrons. The van der Waals surface area contributed by atoms with Crippen LogP contribution in [0, 0.1) is 0 Å². The second-order valence-corrected chi connectivity index (χ2v) is 9.91. The minimum Gasteiger partial charge on any atom is -0.355 e. The normalized spacial score (nSPS) is 11.9. The fraction of sp³-hybridized carbons (Fsp3) is 0.409. The van der Waals surface area contributed by atoms with E-state index < -0.39 is 10.0 Å². The zero-order valence-corrected chi connectivity index (χ0v) is 17.9. The zero-order valence-electron chi connectivity index (χ0n) is 17.1. The van der Waals surface area contributed by atoms with Crippen LogP contribution in [0.3, 0.4) is 0 Å². The van der Waals surface area contributed by atoms with Gasteiger partial charge in [-0.05, 0) is 41.5 Å². The maximum absolute atomic E-state index is 12.3. The molecule has 2 rings (SSSR count). The van der Waals surface area contributed by atoms with Crippen LogP contribution in [0.25, 0.3) is 0 Å². The number of carbonyl (C=O) groups excluding carboxylic acids is 1. The molecule has 0 fully saturated rings. The number of hydrogen-bond donors (Lipinski definition) is 1. The predicted molar refractivity (Wildman–Crippen MR) is 115 cm³/mol. The van der Waals surface area contributed by atoms with Crippen LogP contribution in [0.1, 0.15) is 38.3 Å². The Morgan fingerprint density at radius 3 is 2.14 bits per heavy atom. The minimum atomic E-state index is -3.56. The van der Waals surface area contributed by atoms with E-state index in [2.05, 4.69) is 38.2 Å². The second-order valence-electron chi connectivity index (χ2n) is 8.01. The Balaban J connectivity index is 1.95. The van der Waals surface area contributed by atoms with Gasteiger partial charge in [0.1, 0.15) is 6.54 Å². The lowest BCUT2D eigenvalue weighted by molar-refractivity contribution is -0.119. The molecule has 0 bridgehead atoms.